The van der Waals surface area contributed by atoms with E-state index in [-0.39, 0.29) is 5.56 Å². The molecule has 2 heterocycles. The lowest BCUT2D eigenvalue weighted by molar-refractivity contribution is 0.683. The van der Waals surface area contributed by atoms with Gasteiger partial charge in [0, 0.05) is 24.2 Å². The fourth-order valence-corrected chi connectivity index (χ4v) is 1.99. The predicted molar refractivity (Wildman–Crippen MR) is 59.1 cm³/mol. The Kier molecular flexibility index (Phi) is 3.16. The second-order valence-electron chi connectivity index (χ2n) is 4.06. The van der Waals surface area contributed by atoms with Gasteiger partial charge in [-0.05, 0) is 19.4 Å². The summed E-state index contributed by atoms with van der Waals surface area (Å²) >= 11 is 0. The van der Waals surface area contributed by atoms with Crippen molar-refractivity contribution in [1.29, 1.82) is 0 Å². The van der Waals surface area contributed by atoms with Crippen LogP contribution in [0.15, 0.2) is 10.9 Å². The summed E-state index contributed by atoms with van der Waals surface area (Å²) in [4.78, 5) is 18.8. The van der Waals surface area contributed by atoms with E-state index < -0.39 is 0 Å². The topological polar surface area (TPSA) is 57.8 Å². The van der Waals surface area contributed by atoms with Crippen molar-refractivity contribution in [3.8, 4) is 0 Å². The third-order valence-electron chi connectivity index (χ3n) is 2.77. The molecule has 1 fully saturated rings. The van der Waals surface area contributed by atoms with Gasteiger partial charge in [-0.15, -0.1) is 0 Å². The lowest BCUT2D eigenvalue weighted by Crippen LogP contribution is -2.17. The number of H-pyrrole nitrogens is 1. The van der Waals surface area contributed by atoms with Crippen LogP contribution in [0.4, 0.5) is 0 Å². The van der Waals surface area contributed by atoms with Gasteiger partial charge in [-0.25, -0.2) is 4.98 Å². The van der Waals surface area contributed by atoms with Crippen LogP contribution in [0.5, 0.6) is 0 Å². The number of nitrogens with one attached hydrogen (secondary N) is 2. The average Bonchev–Trinajstić information content (AvgIpc) is 2.70. The minimum absolute atomic E-state index is 0.0182. The summed E-state index contributed by atoms with van der Waals surface area (Å²) in [6.45, 7) is 4.05. The van der Waals surface area contributed by atoms with Gasteiger partial charge in [-0.2, -0.15) is 0 Å². The number of hydrogen-bond donors (Lipinski definition) is 2. The minimum atomic E-state index is -0.0182. The van der Waals surface area contributed by atoms with Crippen LogP contribution in [0.25, 0.3) is 0 Å². The maximum absolute atomic E-state index is 11.4. The third kappa shape index (κ3) is 2.45. The molecule has 0 saturated carbocycles. The van der Waals surface area contributed by atoms with Gasteiger partial charge in [-0.1, -0.05) is 13.3 Å². The number of rotatable bonds is 3. The second-order valence-corrected chi connectivity index (χ2v) is 4.06. The molecular weight excluding hydrogens is 190 g/mol. The van der Waals surface area contributed by atoms with Crippen LogP contribution in [-0.2, 0) is 6.42 Å². The van der Waals surface area contributed by atoms with Crippen molar-refractivity contribution >= 4 is 0 Å². The molecule has 2 rings (SSSR count). The first-order valence-corrected chi connectivity index (χ1v) is 5.60. The van der Waals surface area contributed by atoms with Gasteiger partial charge < -0.3 is 10.3 Å². The molecule has 1 saturated heterocycles. The first-order valence-electron chi connectivity index (χ1n) is 5.60. The van der Waals surface area contributed by atoms with Crippen LogP contribution < -0.4 is 10.9 Å². The molecule has 4 nitrogen and oxygen atoms in total. The molecule has 0 radical (unpaired) electrons. The summed E-state index contributed by atoms with van der Waals surface area (Å²) in [5, 5.41) is 3.28. The zero-order valence-corrected chi connectivity index (χ0v) is 9.05. The van der Waals surface area contributed by atoms with Crippen LogP contribution in [-0.4, -0.2) is 23.1 Å². The number of aryl methyl sites for hydroxylation is 1. The lowest BCUT2D eigenvalue weighted by atomic mass is 10.1. The zero-order valence-electron chi connectivity index (χ0n) is 9.05. The van der Waals surface area contributed by atoms with E-state index in [2.05, 4.69) is 22.2 Å². The van der Waals surface area contributed by atoms with Crippen LogP contribution in [0, 0.1) is 0 Å². The second kappa shape index (κ2) is 4.57. The smallest absolute Gasteiger partial charge is 0.251 e. The quantitative estimate of drug-likeness (QED) is 0.770. The van der Waals surface area contributed by atoms with E-state index in [1.54, 1.807) is 6.07 Å². The maximum atomic E-state index is 11.4. The van der Waals surface area contributed by atoms with Crippen molar-refractivity contribution in [2.75, 3.05) is 13.1 Å². The molecule has 1 aliphatic rings. The molecular formula is C11H17N3O. The highest BCUT2D eigenvalue weighted by Crippen LogP contribution is 2.17. The Morgan fingerprint density at radius 3 is 3.13 bits per heavy atom. The first-order chi connectivity index (χ1) is 7.29. The standard InChI is InChI=1S/C11H17N3O/c1-2-3-9-6-10(15)14-11(13-9)8-4-5-12-7-8/h6,8,12H,2-5,7H2,1H3,(H,13,14,15). The van der Waals surface area contributed by atoms with Gasteiger partial charge >= 0.3 is 0 Å². The summed E-state index contributed by atoms with van der Waals surface area (Å²) in [7, 11) is 0. The zero-order chi connectivity index (χ0) is 10.7. The molecule has 1 aromatic heterocycles. The molecule has 82 valence electrons. The first kappa shape index (κ1) is 10.4. The van der Waals surface area contributed by atoms with E-state index in [9.17, 15) is 4.79 Å². The van der Waals surface area contributed by atoms with Crippen molar-refractivity contribution in [2.45, 2.75) is 32.1 Å². The third-order valence-corrected chi connectivity index (χ3v) is 2.77. The fourth-order valence-electron chi connectivity index (χ4n) is 1.99. The minimum Gasteiger partial charge on any atom is -0.316 e. The molecule has 0 bridgehead atoms. The number of aromatic nitrogens is 2. The highest BCUT2D eigenvalue weighted by Gasteiger charge is 2.19. The van der Waals surface area contributed by atoms with Gasteiger partial charge in [-0.3, -0.25) is 4.79 Å². The molecule has 1 aliphatic heterocycles. The lowest BCUT2D eigenvalue weighted by Gasteiger charge is -2.08. The van der Waals surface area contributed by atoms with Gasteiger partial charge in [0.1, 0.15) is 5.82 Å². The van der Waals surface area contributed by atoms with E-state index in [0.717, 1.165) is 43.9 Å². The number of hydrogen-bond acceptors (Lipinski definition) is 3. The highest BCUT2D eigenvalue weighted by molar-refractivity contribution is 5.08. The van der Waals surface area contributed by atoms with Crippen LogP contribution in [0.2, 0.25) is 0 Å². The molecule has 0 amide bonds. The summed E-state index contributed by atoms with van der Waals surface area (Å²) in [6, 6.07) is 1.61. The van der Waals surface area contributed by atoms with Crippen molar-refractivity contribution in [3.05, 3.63) is 27.9 Å². The fraction of sp³-hybridized carbons (Fsp3) is 0.636. The highest BCUT2D eigenvalue weighted by atomic mass is 16.1. The molecule has 1 atom stereocenters. The molecule has 2 N–H and O–H groups in total. The van der Waals surface area contributed by atoms with Crippen LogP contribution in [0.1, 0.15) is 37.2 Å². The maximum Gasteiger partial charge on any atom is 0.251 e. The summed E-state index contributed by atoms with van der Waals surface area (Å²) in [5.74, 6) is 1.24. The van der Waals surface area contributed by atoms with Crippen molar-refractivity contribution < 1.29 is 0 Å². The summed E-state index contributed by atoms with van der Waals surface area (Å²) in [6.07, 6.45) is 2.98. The van der Waals surface area contributed by atoms with E-state index >= 15 is 0 Å². The predicted octanol–water partition coefficient (Wildman–Crippen LogP) is 0.799. The van der Waals surface area contributed by atoms with Gasteiger partial charge in [0.05, 0.1) is 0 Å². The SMILES string of the molecule is CCCc1cc(=O)[nH]c(C2CCNC2)n1. The van der Waals surface area contributed by atoms with E-state index in [1.165, 1.54) is 0 Å². The Morgan fingerprint density at radius 2 is 2.47 bits per heavy atom. The largest absolute Gasteiger partial charge is 0.316 e. The van der Waals surface area contributed by atoms with E-state index in [0.29, 0.717) is 5.92 Å². The van der Waals surface area contributed by atoms with Crippen molar-refractivity contribution in [3.63, 3.8) is 0 Å². The van der Waals surface area contributed by atoms with Gasteiger partial charge in [0.15, 0.2) is 0 Å². The monoisotopic (exact) mass is 207 g/mol. The molecule has 0 aromatic carbocycles. The molecule has 4 heteroatoms. The molecule has 1 unspecified atom stereocenters. The number of nitrogens with zero attached hydrogens (tertiary/aromatic N) is 1. The van der Waals surface area contributed by atoms with Crippen LogP contribution >= 0.6 is 0 Å². The summed E-state index contributed by atoms with van der Waals surface area (Å²) < 4.78 is 0. The Hall–Kier alpha value is -1.16. The van der Waals surface area contributed by atoms with E-state index in [1.807, 2.05) is 0 Å². The Balaban J connectivity index is 2.26. The average molecular weight is 207 g/mol. The Bertz CT molecular complexity index is 380. The van der Waals surface area contributed by atoms with Gasteiger partial charge in [0.25, 0.3) is 5.56 Å². The molecule has 0 aliphatic carbocycles. The summed E-state index contributed by atoms with van der Waals surface area (Å²) in [5.41, 5.74) is 0.901. The number of aromatic amines is 1. The Morgan fingerprint density at radius 1 is 1.60 bits per heavy atom. The van der Waals surface area contributed by atoms with Crippen molar-refractivity contribution in [2.24, 2.45) is 0 Å². The van der Waals surface area contributed by atoms with E-state index in [4.69, 9.17) is 0 Å². The van der Waals surface area contributed by atoms with Crippen LogP contribution in [0.3, 0.4) is 0 Å². The van der Waals surface area contributed by atoms with Gasteiger partial charge in [0.2, 0.25) is 0 Å². The molecule has 1 aromatic rings. The Labute approximate surface area is 89.1 Å². The van der Waals surface area contributed by atoms with Crippen molar-refractivity contribution in [1.82, 2.24) is 15.3 Å². The molecule has 15 heavy (non-hydrogen) atoms. The molecule has 0 spiro atoms. The normalized spacial score (nSPS) is 20.7.